The molecule has 0 radical (unpaired) electrons. The van der Waals surface area contributed by atoms with E-state index < -0.39 is 11.9 Å². The third-order valence-electron chi connectivity index (χ3n) is 4.96. The molecule has 2 aromatic carbocycles. The Balaban J connectivity index is 1.70. The Morgan fingerprint density at radius 3 is 2.54 bits per heavy atom. The number of rotatable bonds is 10. The molecule has 186 valence electrons. The first-order valence-corrected chi connectivity index (χ1v) is 12.3. The lowest BCUT2D eigenvalue weighted by Gasteiger charge is -2.18. The van der Waals surface area contributed by atoms with Crippen LogP contribution in [0.4, 0.5) is 15.8 Å². The van der Waals surface area contributed by atoms with E-state index in [9.17, 15) is 14.0 Å². The number of hydrogen-bond donors (Lipinski definition) is 2. The van der Waals surface area contributed by atoms with Crippen LogP contribution in [0.15, 0.2) is 47.6 Å². The second kappa shape index (κ2) is 11.8. The van der Waals surface area contributed by atoms with Gasteiger partial charge in [0, 0.05) is 24.8 Å². The van der Waals surface area contributed by atoms with E-state index in [-0.39, 0.29) is 23.3 Å². The number of thioether (sulfide) groups is 1. The third-order valence-corrected chi connectivity index (χ3v) is 5.93. The van der Waals surface area contributed by atoms with Crippen LogP contribution < -0.4 is 15.4 Å². The number of benzene rings is 2. The topological polar surface area (TPSA) is 98.1 Å². The molecule has 1 aromatic heterocycles. The lowest BCUT2D eigenvalue weighted by atomic mass is 10.2. The molecule has 8 nitrogen and oxygen atoms in total. The van der Waals surface area contributed by atoms with Crippen molar-refractivity contribution in [3.05, 3.63) is 59.7 Å². The van der Waals surface area contributed by atoms with Crippen molar-refractivity contribution in [1.29, 1.82) is 0 Å². The molecule has 3 rings (SSSR count). The predicted octanol–water partition coefficient (Wildman–Crippen LogP) is 5.21. The molecule has 2 amide bonds. The number of para-hydroxylation sites is 1. The lowest BCUT2D eigenvalue weighted by Crippen LogP contribution is -2.17. The maximum Gasteiger partial charge on any atom is 0.234 e. The van der Waals surface area contributed by atoms with Gasteiger partial charge in [-0.25, -0.2) is 4.39 Å². The van der Waals surface area contributed by atoms with E-state index in [1.807, 2.05) is 17.6 Å². The van der Waals surface area contributed by atoms with Gasteiger partial charge in [-0.15, -0.1) is 10.2 Å². The fourth-order valence-corrected chi connectivity index (χ4v) is 4.13. The number of nitrogens with one attached hydrogen (secondary N) is 2. The maximum atomic E-state index is 14.0. The Morgan fingerprint density at radius 2 is 1.86 bits per heavy atom. The van der Waals surface area contributed by atoms with E-state index in [4.69, 9.17) is 4.74 Å². The summed E-state index contributed by atoms with van der Waals surface area (Å²) in [5, 5.41) is 14.7. The lowest BCUT2D eigenvalue weighted by molar-refractivity contribution is -0.114. The molecule has 0 saturated heterocycles. The molecule has 2 N–H and O–H groups in total. The summed E-state index contributed by atoms with van der Waals surface area (Å²) in [6, 6.07) is 11.6. The van der Waals surface area contributed by atoms with Crippen molar-refractivity contribution in [2.24, 2.45) is 5.92 Å². The number of halogens is 1. The molecular weight excluding hydrogens is 469 g/mol. The minimum atomic E-state index is -0.541. The molecule has 0 aliphatic rings. The Labute approximate surface area is 208 Å². The van der Waals surface area contributed by atoms with Gasteiger partial charge in [-0.3, -0.25) is 9.59 Å². The Morgan fingerprint density at radius 1 is 1.11 bits per heavy atom. The summed E-state index contributed by atoms with van der Waals surface area (Å²) in [7, 11) is 0. The van der Waals surface area contributed by atoms with Crippen LogP contribution in [0.25, 0.3) is 0 Å². The molecule has 3 aromatic rings. The normalized spacial score (nSPS) is 11.9. The number of amides is 2. The van der Waals surface area contributed by atoms with E-state index in [1.54, 1.807) is 37.3 Å². The molecular formula is C25H30FN5O3S. The van der Waals surface area contributed by atoms with Crippen LogP contribution >= 0.6 is 11.8 Å². The summed E-state index contributed by atoms with van der Waals surface area (Å²) in [4.78, 5) is 24.0. The summed E-state index contributed by atoms with van der Waals surface area (Å²) in [5.41, 5.74) is 2.13. The molecule has 35 heavy (non-hydrogen) atoms. The third kappa shape index (κ3) is 7.29. The summed E-state index contributed by atoms with van der Waals surface area (Å²) in [6.45, 7) is 9.86. The predicted molar refractivity (Wildman–Crippen MR) is 135 cm³/mol. The second-order valence-electron chi connectivity index (χ2n) is 8.58. The molecule has 0 fully saturated rings. The SMILES string of the molecule is CC(=O)Nc1cc(NC(=O)CSc2nnc(C(C)Oc3ccccc3F)n2CC(C)C)ccc1C. The fourth-order valence-electron chi connectivity index (χ4n) is 3.38. The number of ether oxygens (including phenoxy) is 1. The van der Waals surface area contributed by atoms with E-state index in [0.29, 0.717) is 34.8 Å². The molecule has 0 aliphatic carbocycles. The van der Waals surface area contributed by atoms with Gasteiger partial charge < -0.3 is 19.9 Å². The number of anilines is 2. The molecule has 0 spiro atoms. The smallest absolute Gasteiger partial charge is 0.234 e. The van der Waals surface area contributed by atoms with Crippen LogP contribution in [-0.4, -0.2) is 32.3 Å². The van der Waals surface area contributed by atoms with Crippen molar-refractivity contribution in [1.82, 2.24) is 14.8 Å². The van der Waals surface area contributed by atoms with Crippen molar-refractivity contribution in [2.75, 3.05) is 16.4 Å². The van der Waals surface area contributed by atoms with E-state index in [2.05, 4.69) is 34.7 Å². The standard InChI is InChI=1S/C25H30FN5O3S/c1-15(2)13-31-24(17(4)34-22-9-7-6-8-20(22)26)29-30-25(31)35-14-23(33)28-19-11-10-16(3)21(12-19)27-18(5)32/h6-12,15,17H,13-14H2,1-5H3,(H,27,32)(H,28,33). The van der Waals surface area contributed by atoms with Crippen molar-refractivity contribution >= 4 is 35.0 Å². The number of aromatic nitrogens is 3. The maximum absolute atomic E-state index is 14.0. The first-order chi connectivity index (χ1) is 16.6. The zero-order valence-electron chi connectivity index (χ0n) is 20.5. The van der Waals surface area contributed by atoms with Crippen LogP contribution in [0.1, 0.15) is 45.2 Å². The van der Waals surface area contributed by atoms with Gasteiger partial charge in [0.25, 0.3) is 0 Å². The molecule has 0 bridgehead atoms. The molecule has 10 heteroatoms. The number of nitrogens with zero attached hydrogens (tertiary/aromatic N) is 3. The summed E-state index contributed by atoms with van der Waals surface area (Å²) < 4.78 is 21.8. The van der Waals surface area contributed by atoms with Gasteiger partial charge in [0.1, 0.15) is 0 Å². The van der Waals surface area contributed by atoms with E-state index >= 15 is 0 Å². The average molecular weight is 500 g/mol. The van der Waals surface area contributed by atoms with Crippen molar-refractivity contribution in [3.8, 4) is 5.75 Å². The van der Waals surface area contributed by atoms with Gasteiger partial charge in [0.15, 0.2) is 28.7 Å². The quantitative estimate of drug-likeness (QED) is 0.372. The Kier molecular flexibility index (Phi) is 8.86. The summed E-state index contributed by atoms with van der Waals surface area (Å²) in [5.74, 6) is 0.260. The van der Waals surface area contributed by atoms with E-state index in [0.717, 1.165) is 5.56 Å². The first kappa shape index (κ1) is 26.2. The zero-order chi connectivity index (χ0) is 25.5. The Hall–Kier alpha value is -3.40. The van der Waals surface area contributed by atoms with Crippen LogP contribution in [0, 0.1) is 18.7 Å². The highest BCUT2D eigenvalue weighted by molar-refractivity contribution is 7.99. The van der Waals surface area contributed by atoms with Crippen molar-refractivity contribution in [3.63, 3.8) is 0 Å². The number of carbonyl (C=O) groups excluding carboxylic acids is 2. The van der Waals surface area contributed by atoms with Crippen molar-refractivity contribution in [2.45, 2.75) is 52.4 Å². The van der Waals surface area contributed by atoms with Gasteiger partial charge >= 0.3 is 0 Å². The molecule has 1 atom stereocenters. The van der Waals surface area contributed by atoms with Crippen LogP contribution in [0.3, 0.4) is 0 Å². The average Bonchev–Trinajstić information content (AvgIpc) is 3.17. The van der Waals surface area contributed by atoms with Crippen molar-refractivity contribution < 1.29 is 18.7 Å². The second-order valence-corrected chi connectivity index (χ2v) is 9.53. The minimum Gasteiger partial charge on any atom is -0.480 e. The Bertz CT molecular complexity index is 1200. The largest absolute Gasteiger partial charge is 0.480 e. The fraction of sp³-hybridized carbons (Fsp3) is 0.360. The van der Waals surface area contributed by atoms with Gasteiger partial charge in [-0.1, -0.05) is 43.8 Å². The number of aryl methyl sites for hydroxylation is 1. The van der Waals surface area contributed by atoms with Gasteiger partial charge in [-0.2, -0.15) is 0 Å². The molecule has 0 aliphatic heterocycles. The molecule has 0 saturated carbocycles. The van der Waals surface area contributed by atoms with E-state index in [1.165, 1.54) is 24.8 Å². The molecule has 1 heterocycles. The van der Waals surface area contributed by atoms with Gasteiger partial charge in [-0.05, 0) is 49.6 Å². The zero-order valence-corrected chi connectivity index (χ0v) is 21.3. The van der Waals surface area contributed by atoms with Gasteiger partial charge in [0.05, 0.1) is 5.75 Å². The summed E-state index contributed by atoms with van der Waals surface area (Å²) >= 11 is 1.26. The van der Waals surface area contributed by atoms with Crippen LogP contribution in [0.5, 0.6) is 5.75 Å². The van der Waals surface area contributed by atoms with Crippen LogP contribution in [-0.2, 0) is 16.1 Å². The number of carbonyl (C=O) groups is 2. The van der Waals surface area contributed by atoms with Gasteiger partial charge in [0.2, 0.25) is 11.8 Å². The number of hydrogen-bond acceptors (Lipinski definition) is 6. The first-order valence-electron chi connectivity index (χ1n) is 11.3. The highest BCUT2D eigenvalue weighted by atomic mass is 32.2. The highest BCUT2D eigenvalue weighted by Gasteiger charge is 2.22. The monoisotopic (exact) mass is 499 g/mol. The molecule has 1 unspecified atom stereocenters. The van der Waals surface area contributed by atoms with Crippen LogP contribution in [0.2, 0.25) is 0 Å². The minimum absolute atomic E-state index is 0.113. The highest BCUT2D eigenvalue weighted by Crippen LogP contribution is 2.27. The summed E-state index contributed by atoms with van der Waals surface area (Å²) in [6.07, 6.45) is -0.541.